The second kappa shape index (κ2) is 7.67. The van der Waals surface area contributed by atoms with E-state index >= 15 is 0 Å². The summed E-state index contributed by atoms with van der Waals surface area (Å²) in [7, 11) is 0. The monoisotopic (exact) mass is 243 g/mol. The third-order valence-electron chi connectivity index (χ3n) is 3.40. The Morgan fingerprint density at radius 2 is 2.29 bits per heavy atom. The van der Waals surface area contributed by atoms with Crippen LogP contribution >= 0.6 is 0 Å². The van der Waals surface area contributed by atoms with Crippen LogP contribution in [-0.2, 0) is 9.53 Å². The molecule has 0 bridgehead atoms. The van der Waals surface area contributed by atoms with E-state index in [2.05, 4.69) is 19.2 Å². The van der Waals surface area contributed by atoms with Crippen molar-refractivity contribution in [1.82, 2.24) is 5.32 Å². The molecule has 100 valence electrons. The number of aliphatic hydroxyl groups is 1. The lowest BCUT2D eigenvalue weighted by Crippen LogP contribution is -2.33. The Morgan fingerprint density at radius 3 is 2.82 bits per heavy atom. The lowest BCUT2D eigenvalue weighted by atomic mass is 10.0. The van der Waals surface area contributed by atoms with Crippen LogP contribution in [0.1, 0.15) is 46.0 Å². The zero-order valence-corrected chi connectivity index (χ0v) is 10.9. The molecule has 0 spiro atoms. The number of nitrogens with one attached hydrogen (secondary N) is 1. The minimum atomic E-state index is -0.408. The van der Waals surface area contributed by atoms with Crippen LogP contribution in [0.4, 0.5) is 0 Å². The van der Waals surface area contributed by atoms with E-state index in [4.69, 9.17) is 4.74 Å². The first-order valence-electron chi connectivity index (χ1n) is 6.75. The molecule has 0 aromatic carbocycles. The molecule has 4 nitrogen and oxygen atoms in total. The van der Waals surface area contributed by atoms with Gasteiger partial charge in [-0.05, 0) is 12.3 Å². The number of hydrogen-bond donors (Lipinski definition) is 2. The van der Waals surface area contributed by atoms with Crippen LogP contribution in [-0.4, -0.2) is 36.4 Å². The maximum atomic E-state index is 11.7. The minimum Gasteiger partial charge on any atom is -0.464 e. The molecule has 1 fully saturated rings. The fraction of sp³-hybridized carbons (Fsp3) is 0.923. The molecule has 1 aliphatic rings. The van der Waals surface area contributed by atoms with E-state index in [0.29, 0.717) is 25.5 Å². The predicted octanol–water partition coefficient (Wildman–Crippen LogP) is 1.47. The van der Waals surface area contributed by atoms with Crippen LogP contribution in [0, 0.1) is 5.92 Å². The van der Waals surface area contributed by atoms with Gasteiger partial charge in [-0.1, -0.05) is 33.1 Å². The SMILES string of the molecule is CCCCC(CC)COC(=O)[C@@H]1C[C@H](O)CN1. The van der Waals surface area contributed by atoms with Crippen molar-refractivity contribution in [2.75, 3.05) is 13.2 Å². The van der Waals surface area contributed by atoms with Crippen molar-refractivity contribution >= 4 is 5.97 Å². The molecule has 0 radical (unpaired) electrons. The molecule has 4 heteroatoms. The molecular formula is C13H25NO3. The van der Waals surface area contributed by atoms with Crippen LogP contribution in [0.15, 0.2) is 0 Å². The number of β-amino-alcohol motifs (C(OH)–C–C–N with tert-alkyl or cyclic N) is 1. The van der Waals surface area contributed by atoms with E-state index in [9.17, 15) is 9.90 Å². The van der Waals surface area contributed by atoms with Gasteiger partial charge in [-0.2, -0.15) is 0 Å². The van der Waals surface area contributed by atoms with Gasteiger partial charge in [0, 0.05) is 13.0 Å². The number of unbranched alkanes of at least 4 members (excludes halogenated alkanes) is 1. The minimum absolute atomic E-state index is 0.212. The number of aliphatic hydroxyl groups excluding tert-OH is 1. The molecule has 2 N–H and O–H groups in total. The van der Waals surface area contributed by atoms with Gasteiger partial charge in [-0.3, -0.25) is 4.79 Å². The van der Waals surface area contributed by atoms with Gasteiger partial charge in [0.25, 0.3) is 0 Å². The number of esters is 1. The Hall–Kier alpha value is -0.610. The van der Waals surface area contributed by atoms with Crippen molar-refractivity contribution in [3.63, 3.8) is 0 Å². The van der Waals surface area contributed by atoms with Crippen LogP contribution in [0.3, 0.4) is 0 Å². The summed E-state index contributed by atoms with van der Waals surface area (Å²) in [6, 6.07) is -0.311. The molecular weight excluding hydrogens is 218 g/mol. The molecule has 0 aliphatic carbocycles. The average molecular weight is 243 g/mol. The zero-order chi connectivity index (χ0) is 12.7. The Labute approximate surface area is 104 Å². The van der Waals surface area contributed by atoms with Crippen molar-refractivity contribution in [2.24, 2.45) is 5.92 Å². The first-order chi connectivity index (χ1) is 8.17. The Balaban J connectivity index is 2.21. The summed E-state index contributed by atoms with van der Waals surface area (Å²) in [5.74, 6) is 0.265. The van der Waals surface area contributed by atoms with Crippen molar-refractivity contribution in [3.05, 3.63) is 0 Å². The summed E-state index contributed by atoms with van der Waals surface area (Å²) in [4.78, 5) is 11.7. The number of carbonyl (C=O) groups is 1. The lowest BCUT2D eigenvalue weighted by molar-refractivity contribution is -0.147. The summed E-state index contributed by atoms with van der Waals surface area (Å²) in [5, 5.41) is 12.3. The van der Waals surface area contributed by atoms with E-state index < -0.39 is 6.10 Å². The van der Waals surface area contributed by atoms with E-state index in [0.717, 1.165) is 12.8 Å². The maximum absolute atomic E-state index is 11.7. The second-order valence-corrected chi connectivity index (χ2v) is 4.90. The van der Waals surface area contributed by atoms with E-state index in [1.807, 2.05) is 0 Å². The molecule has 0 aromatic rings. The van der Waals surface area contributed by atoms with Crippen LogP contribution in [0.5, 0.6) is 0 Å². The van der Waals surface area contributed by atoms with Crippen molar-refractivity contribution in [3.8, 4) is 0 Å². The van der Waals surface area contributed by atoms with E-state index in [1.54, 1.807) is 0 Å². The van der Waals surface area contributed by atoms with E-state index in [-0.39, 0.29) is 12.0 Å². The maximum Gasteiger partial charge on any atom is 0.323 e. The molecule has 1 saturated heterocycles. The van der Waals surface area contributed by atoms with Gasteiger partial charge in [-0.15, -0.1) is 0 Å². The van der Waals surface area contributed by atoms with Crippen LogP contribution in [0.25, 0.3) is 0 Å². The Morgan fingerprint density at radius 1 is 1.53 bits per heavy atom. The first kappa shape index (κ1) is 14.5. The van der Waals surface area contributed by atoms with Gasteiger partial charge in [0.1, 0.15) is 6.04 Å². The average Bonchev–Trinajstić information content (AvgIpc) is 2.76. The third-order valence-corrected chi connectivity index (χ3v) is 3.40. The third kappa shape index (κ3) is 5.04. The first-order valence-corrected chi connectivity index (χ1v) is 6.75. The van der Waals surface area contributed by atoms with E-state index in [1.165, 1.54) is 12.8 Å². The van der Waals surface area contributed by atoms with Gasteiger partial charge in [0.15, 0.2) is 0 Å². The topological polar surface area (TPSA) is 58.6 Å². The van der Waals surface area contributed by atoms with Gasteiger partial charge in [0.2, 0.25) is 0 Å². The highest BCUT2D eigenvalue weighted by Crippen LogP contribution is 2.14. The van der Waals surface area contributed by atoms with Gasteiger partial charge < -0.3 is 15.2 Å². The van der Waals surface area contributed by atoms with Gasteiger partial charge >= 0.3 is 5.97 Å². The predicted molar refractivity (Wildman–Crippen MR) is 66.7 cm³/mol. The standard InChI is InChI=1S/C13H25NO3/c1-3-5-6-10(4-2)9-17-13(16)12-7-11(15)8-14-12/h10-12,14-15H,3-9H2,1-2H3/t10?,11-,12-/m0/s1. The van der Waals surface area contributed by atoms with Crippen LogP contribution < -0.4 is 5.32 Å². The zero-order valence-electron chi connectivity index (χ0n) is 10.9. The summed E-state index contributed by atoms with van der Waals surface area (Å²) in [6.45, 7) is 5.31. The molecule has 1 aliphatic heterocycles. The highest BCUT2D eigenvalue weighted by molar-refractivity contribution is 5.76. The van der Waals surface area contributed by atoms with Crippen molar-refractivity contribution in [2.45, 2.75) is 58.1 Å². The largest absolute Gasteiger partial charge is 0.464 e. The number of rotatable bonds is 7. The van der Waals surface area contributed by atoms with Gasteiger partial charge in [0.05, 0.1) is 12.7 Å². The molecule has 1 unspecified atom stereocenters. The summed E-state index contributed by atoms with van der Waals surface area (Å²) < 4.78 is 5.31. The summed E-state index contributed by atoms with van der Waals surface area (Å²) in [6.07, 6.45) is 4.62. The Bertz CT molecular complexity index is 233. The summed E-state index contributed by atoms with van der Waals surface area (Å²) in [5.41, 5.74) is 0. The highest BCUT2D eigenvalue weighted by atomic mass is 16.5. The number of hydrogen-bond acceptors (Lipinski definition) is 4. The molecule has 0 amide bonds. The van der Waals surface area contributed by atoms with Crippen molar-refractivity contribution < 1.29 is 14.6 Å². The highest BCUT2D eigenvalue weighted by Gasteiger charge is 2.29. The molecule has 1 heterocycles. The molecule has 1 rings (SSSR count). The lowest BCUT2D eigenvalue weighted by Gasteiger charge is -2.16. The fourth-order valence-corrected chi connectivity index (χ4v) is 2.10. The molecule has 0 aromatic heterocycles. The second-order valence-electron chi connectivity index (χ2n) is 4.90. The Kier molecular flexibility index (Phi) is 6.52. The molecule has 0 saturated carbocycles. The van der Waals surface area contributed by atoms with Gasteiger partial charge in [-0.25, -0.2) is 0 Å². The molecule has 3 atom stereocenters. The van der Waals surface area contributed by atoms with Crippen LogP contribution in [0.2, 0.25) is 0 Å². The molecule has 17 heavy (non-hydrogen) atoms. The number of ether oxygens (including phenoxy) is 1. The number of carbonyl (C=O) groups excluding carboxylic acids is 1. The smallest absolute Gasteiger partial charge is 0.323 e. The fourth-order valence-electron chi connectivity index (χ4n) is 2.10. The van der Waals surface area contributed by atoms with Crippen molar-refractivity contribution in [1.29, 1.82) is 0 Å². The quantitative estimate of drug-likeness (QED) is 0.665. The normalized spacial score (nSPS) is 25.8. The summed E-state index contributed by atoms with van der Waals surface area (Å²) >= 11 is 0.